The Labute approximate surface area is 123 Å². The summed E-state index contributed by atoms with van der Waals surface area (Å²) < 4.78 is 0. The molecule has 0 saturated heterocycles. The molecule has 8 nitrogen and oxygen atoms in total. The molecule has 3 N–H and O–H groups in total. The molecule has 0 bridgehead atoms. The lowest BCUT2D eigenvalue weighted by Crippen LogP contribution is -2.35. The van der Waals surface area contributed by atoms with E-state index in [0.29, 0.717) is 18.5 Å². The number of nitro groups is 1. The highest BCUT2D eigenvalue weighted by Gasteiger charge is 2.29. The average molecular weight is 298 g/mol. The number of rotatable bonds is 8. The summed E-state index contributed by atoms with van der Waals surface area (Å²) in [5, 5.41) is 29.7. The number of hydrogen-bond acceptors (Lipinski definition) is 5. The van der Waals surface area contributed by atoms with Gasteiger partial charge in [0.2, 0.25) is 5.69 Å². The molecule has 0 aliphatic rings. The first-order valence-corrected chi connectivity index (χ1v) is 7.10. The first-order valence-electron chi connectivity index (χ1n) is 7.10. The molecular formula is C13H22N4O4. The molecule has 1 amide bonds. The zero-order valence-electron chi connectivity index (χ0n) is 12.5. The van der Waals surface area contributed by atoms with Gasteiger partial charge in [-0.25, -0.2) is 0 Å². The van der Waals surface area contributed by atoms with Crippen LogP contribution < -0.4 is 5.32 Å². The number of aromatic amines is 1. The maximum Gasteiger partial charge on any atom is 0.322 e. The van der Waals surface area contributed by atoms with Crippen molar-refractivity contribution in [3.63, 3.8) is 0 Å². The van der Waals surface area contributed by atoms with Gasteiger partial charge in [-0.05, 0) is 12.3 Å². The van der Waals surface area contributed by atoms with Crippen molar-refractivity contribution in [3.8, 4) is 0 Å². The predicted molar refractivity (Wildman–Crippen MR) is 77.0 cm³/mol. The molecular weight excluding hydrogens is 276 g/mol. The van der Waals surface area contributed by atoms with Crippen molar-refractivity contribution in [1.29, 1.82) is 0 Å². The summed E-state index contributed by atoms with van der Waals surface area (Å²) in [5.74, 6) is -0.613. The van der Waals surface area contributed by atoms with Gasteiger partial charge in [-0.1, -0.05) is 33.6 Å². The Hall–Kier alpha value is -1.96. The third-order valence-corrected chi connectivity index (χ3v) is 3.48. The van der Waals surface area contributed by atoms with Gasteiger partial charge in [0.05, 0.1) is 11.0 Å². The van der Waals surface area contributed by atoms with Crippen LogP contribution in [0.1, 0.15) is 49.8 Å². The lowest BCUT2D eigenvalue weighted by atomic mass is 10.0. The minimum absolute atomic E-state index is 0.0372. The van der Waals surface area contributed by atoms with Crippen molar-refractivity contribution in [2.45, 2.75) is 46.1 Å². The lowest BCUT2D eigenvalue weighted by molar-refractivity contribution is -0.385. The summed E-state index contributed by atoms with van der Waals surface area (Å²) in [4.78, 5) is 22.5. The monoisotopic (exact) mass is 298 g/mol. The van der Waals surface area contributed by atoms with Crippen LogP contribution in [0.4, 0.5) is 5.69 Å². The summed E-state index contributed by atoms with van der Waals surface area (Å²) in [5.41, 5.74) is -0.178. The number of aromatic nitrogens is 2. The minimum Gasteiger partial charge on any atom is -0.391 e. The molecule has 0 aromatic carbocycles. The van der Waals surface area contributed by atoms with Gasteiger partial charge in [-0.15, -0.1) is 0 Å². The molecule has 1 rings (SSSR count). The molecule has 1 aromatic heterocycles. The summed E-state index contributed by atoms with van der Waals surface area (Å²) in [6, 6.07) is 0. The van der Waals surface area contributed by atoms with Crippen LogP contribution in [0.5, 0.6) is 0 Å². The molecule has 118 valence electrons. The highest BCUT2D eigenvalue weighted by atomic mass is 16.6. The normalized spacial score (nSPS) is 13.7. The summed E-state index contributed by atoms with van der Waals surface area (Å²) in [6.45, 7) is 5.73. The van der Waals surface area contributed by atoms with E-state index in [-0.39, 0.29) is 23.8 Å². The van der Waals surface area contributed by atoms with Crippen LogP contribution in [0.2, 0.25) is 0 Å². The number of hydrogen-bond donors (Lipinski definition) is 3. The summed E-state index contributed by atoms with van der Waals surface area (Å²) >= 11 is 0. The summed E-state index contributed by atoms with van der Waals surface area (Å²) in [6.07, 6.45) is 1.25. The maximum absolute atomic E-state index is 12.0. The highest BCUT2D eigenvalue weighted by Crippen LogP contribution is 2.22. The predicted octanol–water partition coefficient (Wildman–Crippen LogP) is 1.41. The number of carbonyl (C=O) groups is 1. The third kappa shape index (κ3) is 4.25. The lowest BCUT2D eigenvalue weighted by Gasteiger charge is -2.16. The fourth-order valence-corrected chi connectivity index (χ4v) is 1.91. The average Bonchev–Trinajstić information content (AvgIpc) is 2.87. The minimum atomic E-state index is -0.688. The largest absolute Gasteiger partial charge is 0.391 e. The smallest absolute Gasteiger partial charge is 0.322 e. The first kappa shape index (κ1) is 17.1. The second-order valence-corrected chi connectivity index (χ2v) is 5.07. The van der Waals surface area contributed by atoms with Crippen molar-refractivity contribution < 1.29 is 14.8 Å². The van der Waals surface area contributed by atoms with E-state index in [2.05, 4.69) is 15.5 Å². The van der Waals surface area contributed by atoms with Crippen LogP contribution >= 0.6 is 0 Å². The summed E-state index contributed by atoms with van der Waals surface area (Å²) in [7, 11) is 0. The van der Waals surface area contributed by atoms with E-state index in [9.17, 15) is 20.0 Å². The van der Waals surface area contributed by atoms with Gasteiger partial charge < -0.3 is 10.4 Å². The molecule has 1 aromatic rings. The number of aliphatic hydroxyl groups is 1. The Morgan fingerprint density at radius 3 is 2.71 bits per heavy atom. The zero-order chi connectivity index (χ0) is 16.0. The van der Waals surface area contributed by atoms with Gasteiger partial charge in [0.1, 0.15) is 5.69 Å². The first-order chi connectivity index (χ1) is 9.92. The van der Waals surface area contributed by atoms with Crippen LogP contribution in [-0.2, 0) is 6.42 Å². The number of amides is 1. The molecule has 1 heterocycles. The zero-order valence-corrected chi connectivity index (χ0v) is 12.5. The third-order valence-electron chi connectivity index (χ3n) is 3.48. The van der Waals surface area contributed by atoms with Gasteiger partial charge in [0.25, 0.3) is 5.91 Å². The van der Waals surface area contributed by atoms with E-state index in [0.717, 1.165) is 6.42 Å². The van der Waals surface area contributed by atoms with Gasteiger partial charge in [0.15, 0.2) is 0 Å². The molecule has 0 spiro atoms. The molecule has 2 atom stereocenters. The van der Waals surface area contributed by atoms with Crippen LogP contribution in [0.15, 0.2) is 0 Å². The Morgan fingerprint density at radius 1 is 1.52 bits per heavy atom. The number of aliphatic hydroxyl groups excluding tert-OH is 1. The fraction of sp³-hybridized carbons (Fsp3) is 0.692. The van der Waals surface area contributed by atoms with Crippen molar-refractivity contribution in [1.82, 2.24) is 15.5 Å². The quantitative estimate of drug-likeness (QED) is 0.495. The molecule has 21 heavy (non-hydrogen) atoms. The van der Waals surface area contributed by atoms with E-state index in [4.69, 9.17) is 0 Å². The molecule has 0 aliphatic carbocycles. The second-order valence-electron chi connectivity index (χ2n) is 5.07. The molecule has 0 saturated carbocycles. The highest BCUT2D eigenvalue weighted by molar-refractivity contribution is 5.96. The number of nitrogens with zero attached hydrogens (tertiary/aromatic N) is 2. The van der Waals surface area contributed by atoms with Gasteiger partial charge in [-0.3, -0.25) is 20.0 Å². The van der Waals surface area contributed by atoms with Gasteiger partial charge in [0, 0.05) is 6.54 Å². The number of H-pyrrole nitrogens is 1. The second kappa shape index (κ2) is 7.72. The number of aryl methyl sites for hydroxylation is 1. The Balaban J connectivity index is 2.81. The Bertz CT molecular complexity index is 500. The maximum atomic E-state index is 12.0. The van der Waals surface area contributed by atoms with Crippen molar-refractivity contribution in [3.05, 3.63) is 21.5 Å². The Kier molecular flexibility index (Phi) is 6.29. The van der Waals surface area contributed by atoms with E-state index >= 15 is 0 Å². The Morgan fingerprint density at radius 2 is 2.19 bits per heavy atom. The van der Waals surface area contributed by atoms with Crippen LogP contribution in [0.25, 0.3) is 0 Å². The van der Waals surface area contributed by atoms with E-state index in [1.54, 1.807) is 0 Å². The van der Waals surface area contributed by atoms with Gasteiger partial charge in [-0.2, -0.15) is 5.10 Å². The van der Waals surface area contributed by atoms with Crippen molar-refractivity contribution >= 4 is 11.6 Å². The SMILES string of the molecule is CCCc1[nH]nc(C(=O)NCC(O)C(C)CC)c1[N+](=O)[O-]. The molecule has 8 heteroatoms. The van der Waals surface area contributed by atoms with Crippen LogP contribution in [-0.4, -0.2) is 38.8 Å². The van der Waals surface area contributed by atoms with Crippen molar-refractivity contribution in [2.24, 2.45) is 5.92 Å². The van der Waals surface area contributed by atoms with Crippen molar-refractivity contribution in [2.75, 3.05) is 6.54 Å². The van der Waals surface area contributed by atoms with E-state index in [1.165, 1.54) is 0 Å². The standard InChI is InChI=1S/C13H22N4O4/c1-4-6-9-12(17(20)21)11(16-15-9)13(19)14-7-10(18)8(3)5-2/h8,10,18H,4-7H2,1-3H3,(H,14,19)(H,15,16). The molecule has 0 fully saturated rings. The molecule has 0 aliphatic heterocycles. The molecule has 0 radical (unpaired) electrons. The van der Waals surface area contributed by atoms with Crippen LogP contribution in [0.3, 0.4) is 0 Å². The van der Waals surface area contributed by atoms with Gasteiger partial charge >= 0.3 is 5.69 Å². The fourth-order valence-electron chi connectivity index (χ4n) is 1.91. The van der Waals surface area contributed by atoms with E-state index < -0.39 is 16.9 Å². The van der Waals surface area contributed by atoms with E-state index in [1.807, 2.05) is 20.8 Å². The number of nitrogens with one attached hydrogen (secondary N) is 2. The number of carbonyl (C=O) groups excluding carboxylic acids is 1. The molecule has 2 unspecified atom stereocenters. The van der Waals surface area contributed by atoms with Crippen LogP contribution in [0, 0.1) is 16.0 Å². The topological polar surface area (TPSA) is 121 Å².